The predicted octanol–water partition coefficient (Wildman–Crippen LogP) is 3.48. The van der Waals surface area contributed by atoms with Crippen LogP contribution in [0, 0.1) is 21.4 Å². The third kappa shape index (κ3) is 4.74. The van der Waals surface area contributed by atoms with Gasteiger partial charge in [-0.25, -0.2) is 0 Å². The molecule has 0 atom stereocenters. The second-order valence-corrected chi connectivity index (χ2v) is 6.06. The number of nitrogens with one attached hydrogen (secondary N) is 1. The fourth-order valence-electron chi connectivity index (χ4n) is 2.65. The molecule has 2 aromatic rings. The van der Waals surface area contributed by atoms with E-state index in [0.29, 0.717) is 17.9 Å². The summed E-state index contributed by atoms with van der Waals surface area (Å²) in [6, 6.07) is 11.0. The Morgan fingerprint density at radius 1 is 1.27 bits per heavy atom. The molecule has 0 aliphatic carbocycles. The van der Waals surface area contributed by atoms with E-state index in [4.69, 9.17) is 14.2 Å². The highest BCUT2D eigenvalue weighted by molar-refractivity contribution is 6.10. The summed E-state index contributed by atoms with van der Waals surface area (Å²) >= 11 is 0. The largest absolute Gasteiger partial charge is 0.490 e. The van der Waals surface area contributed by atoms with E-state index in [9.17, 15) is 20.2 Å². The standard InChI is InChI=1S/C21H17N3O6/c1-2-7-28-16-5-3-14(4-6-16)10-15(13-22)21(25)23-17-11-19-20(30-9-8-29-19)12-18(17)24(26)27/h2-6,10-12H,1,7-9H2,(H,23,25)/b15-10+. The summed E-state index contributed by atoms with van der Waals surface area (Å²) in [5.41, 5.74) is -0.0968. The summed E-state index contributed by atoms with van der Waals surface area (Å²) in [6.07, 6.45) is 2.99. The second kappa shape index (κ2) is 9.25. The van der Waals surface area contributed by atoms with E-state index in [2.05, 4.69) is 11.9 Å². The quantitative estimate of drug-likeness (QED) is 0.245. The third-order valence-corrected chi connectivity index (χ3v) is 4.03. The zero-order chi connectivity index (χ0) is 21.5. The molecule has 0 radical (unpaired) electrons. The summed E-state index contributed by atoms with van der Waals surface area (Å²) < 4.78 is 16.1. The third-order valence-electron chi connectivity index (χ3n) is 4.03. The number of nitro groups is 1. The van der Waals surface area contributed by atoms with Crippen molar-refractivity contribution in [2.24, 2.45) is 0 Å². The van der Waals surface area contributed by atoms with Gasteiger partial charge in [0, 0.05) is 6.07 Å². The smallest absolute Gasteiger partial charge is 0.296 e. The van der Waals surface area contributed by atoms with Gasteiger partial charge < -0.3 is 19.5 Å². The van der Waals surface area contributed by atoms with Crippen LogP contribution >= 0.6 is 0 Å². The number of benzene rings is 2. The van der Waals surface area contributed by atoms with Crippen LogP contribution in [0.25, 0.3) is 6.08 Å². The lowest BCUT2D eigenvalue weighted by Crippen LogP contribution is -2.18. The number of hydrogen-bond donors (Lipinski definition) is 1. The van der Waals surface area contributed by atoms with Crippen LogP contribution in [0.1, 0.15) is 5.56 Å². The van der Waals surface area contributed by atoms with Crippen molar-refractivity contribution in [3.8, 4) is 23.3 Å². The molecule has 0 aromatic heterocycles. The maximum atomic E-state index is 12.6. The van der Waals surface area contributed by atoms with Gasteiger partial charge in [-0.05, 0) is 23.8 Å². The van der Waals surface area contributed by atoms with Gasteiger partial charge in [0.05, 0.1) is 11.0 Å². The normalized spacial score (nSPS) is 12.4. The van der Waals surface area contributed by atoms with Gasteiger partial charge >= 0.3 is 0 Å². The molecule has 0 unspecified atom stereocenters. The average molecular weight is 407 g/mol. The number of amides is 1. The number of carbonyl (C=O) groups is 1. The first-order valence-electron chi connectivity index (χ1n) is 8.86. The van der Waals surface area contributed by atoms with Crippen molar-refractivity contribution in [3.63, 3.8) is 0 Å². The Morgan fingerprint density at radius 2 is 1.93 bits per heavy atom. The number of ether oxygens (including phenoxy) is 3. The van der Waals surface area contributed by atoms with E-state index in [-0.39, 0.29) is 41.7 Å². The number of anilines is 1. The lowest BCUT2D eigenvalue weighted by molar-refractivity contribution is -0.384. The summed E-state index contributed by atoms with van der Waals surface area (Å²) in [6.45, 7) is 4.48. The molecule has 1 aliphatic rings. The maximum absolute atomic E-state index is 12.6. The molecule has 1 amide bonds. The van der Waals surface area contributed by atoms with Gasteiger partial charge in [0.25, 0.3) is 11.6 Å². The van der Waals surface area contributed by atoms with Crippen LogP contribution < -0.4 is 19.5 Å². The summed E-state index contributed by atoms with van der Waals surface area (Å²) in [5, 5.41) is 23.2. The molecular weight excluding hydrogens is 390 g/mol. The molecule has 0 saturated carbocycles. The lowest BCUT2D eigenvalue weighted by Gasteiger charge is -2.19. The van der Waals surface area contributed by atoms with Crippen molar-refractivity contribution < 1.29 is 23.9 Å². The molecule has 1 heterocycles. The fourth-order valence-corrected chi connectivity index (χ4v) is 2.65. The number of nitriles is 1. The minimum Gasteiger partial charge on any atom is -0.490 e. The number of nitro benzene ring substituents is 1. The number of carbonyl (C=O) groups excluding carboxylic acids is 1. The Morgan fingerprint density at radius 3 is 2.53 bits per heavy atom. The van der Waals surface area contributed by atoms with Crippen LogP contribution in [-0.2, 0) is 4.79 Å². The van der Waals surface area contributed by atoms with Crippen LogP contribution in [-0.4, -0.2) is 30.7 Å². The Balaban J connectivity index is 1.83. The summed E-state index contributed by atoms with van der Waals surface area (Å²) in [4.78, 5) is 23.3. The molecule has 0 spiro atoms. The lowest BCUT2D eigenvalue weighted by atomic mass is 10.1. The summed E-state index contributed by atoms with van der Waals surface area (Å²) in [7, 11) is 0. The van der Waals surface area contributed by atoms with Gasteiger partial charge in [-0.1, -0.05) is 24.8 Å². The van der Waals surface area contributed by atoms with E-state index < -0.39 is 10.8 Å². The van der Waals surface area contributed by atoms with E-state index in [1.54, 1.807) is 30.3 Å². The molecule has 1 aliphatic heterocycles. The monoisotopic (exact) mass is 407 g/mol. The molecular formula is C21H17N3O6. The van der Waals surface area contributed by atoms with E-state index >= 15 is 0 Å². The molecule has 0 bridgehead atoms. The SMILES string of the molecule is C=CCOc1ccc(/C=C(\C#N)C(=O)Nc2cc3c(cc2[N+](=O)[O-])OCCO3)cc1. The van der Waals surface area contributed by atoms with Gasteiger partial charge in [0.15, 0.2) is 11.5 Å². The van der Waals surface area contributed by atoms with Gasteiger partial charge in [-0.2, -0.15) is 5.26 Å². The zero-order valence-corrected chi connectivity index (χ0v) is 15.8. The Kier molecular flexibility index (Phi) is 6.29. The molecule has 1 N–H and O–H groups in total. The van der Waals surface area contributed by atoms with Crippen molar-refractivity contribution in [3.05, 3.63) is 70.3 Å². The molecule has 2 aromatic carbocycles. The topological polar surface area (TPSA) is 124 Å². The van der Waals surface area contributed by atoms with Crippen LogP contribution in [0.4, 0.5) is 11.4 Å². The molecule has 0 fully saturated rings. The predicted molar refractivity (Wildman–Crippen MR) is 108 cm³/mol. The highest BCUT2D eigenvalue weighted by Crippen LogP contribution is 2.39. The minimum atomic E-state index is -0.788. The molecule has 3 rings (SSSR count). The van der Waals surface area contributed by atoms with Crippen molar-refractivity contribution in [2.75, 3.05) is 25.1 Å². The van der Waals surface area contributed by atoms with Crippen LogP contribution in [0.15, 0.2) is 54.6 Å². The van der Waals surface area contributed by atoms with Gasteiger partial charge in [-0.3, -0.25) is 14.9 Å². The number of nitrogens with zero attached hydrogens (tertiary/aromatic N) is 2. The van der Waals surface area contributed by atoms with Crippen LogP contribution in [0.2, 0.25) is 0 Å². The Labute approximate surface area is 171 Å². The molecule has 30 heavy (non-hydrogen) atoms. The second-order valence-electron chi connectivity index (χ2n) is 6.06. The van der Waals surface area contributed by atoms with Crippen molar-refractivity contribution in [1.29, 1.82) is 5.26 Å². The zero-order valence-electron chi connectivity index (χ0n) is 15.8. The first kappa shape index (κ1) is 20.4. The van der Waals surface area contributed by atoms with Gasteiger partial charge in [-0.15, -0.1) is 0 Å². The first-order chi connectivity index (χ1) is 14.5. The van der Waals surface area contributed by atoms with Crippen molar-refractivity contribution in [2.45, 2.75) is 0 Å². The van der Waals surface area contributed by atoms with Gasteiger partial charge in [0.2, 0.25) is 0 Å². The van der Waals surface area contributed by atoms with Crippen LogP contribution in [0.5, 0.6) is 17.2 Å². The van der Waals surface area contributed by atoms with Crippen molar-refractivity contribution >= 4 is 23.4 Å². The number of fused-ring (bicyclic) bond motifs is 1. The van der Waals surface area contributed by atoms with Gasteiger partial charge in [0.1, 0.15) is 42.9 Å². The first-order valence-corrected chi connectivity index (χ1v) is 8.86. The highest BCUT2D eigenvalue weighted by atomic mass is 16.6. The van der Waals surface area contributed by atoms with E-state index in [1.807, 2.05) is 6.07 Å². The average Bonchev–Trinajstić information content (AvgIpc) is 2.76. The molecule has 9 nitrogen and oxygen atoms in total. The Hall–Kier alpha value is -4.32. The van der Waals surface area contributed by atoms with E-state index in [0.717, 1.165) is 0 Å². The highest BCUT2D eigenvalue weighted by Gasteiger charge is 2.24. The number of hydrogen-bond acceptors (Lipinski definition) is 7. The minimum absolute atomic E-state index is 0.0939. The molecule has 152 valence electrons. The maximum Gasteiger partial charge on any atom is 0.296 e. The Bertz CT molecular complexity index is 1050. The number of rotatable bonds is 7. The van der Waals surface area contributed by atoms with Crippen molar-refractivity contribution in [1.82, 2.24) is 0 Å². The molecule has 0 saturated heterocycles. The van der Waals surface area contributed by atoms with E-state index in [1.165, 1.54) is 18.2 Å². The fraction of sp³-hybridized carbons (Fsp3) is 0.143. The van der Waals surface area contributed by atoms with Crippen LogP contribution in [0.3, 0.4) is 0 Å². The summed E-state index contributed by atoms with van der Waals surface area (Å²) in [5.74, 6) is 0.326. The molecule has 9 heteroatoms.